The van der Waals surface area contributed by atoms with Gasteiger partial charge in [0.1, 0.15) is 0 Å². The molecule has 0 saturated carbocycles. The number of piperidine rings is 1. The van der Waals surface area contributed by atoms with Crippen LogP contribution >= 0.6 is 11.8 Å². The third-order valence-corrected chi connectivity index (χ3v) is 6.39. The van der Waals surface area contributed by atoms with Gasteiger partial charge in [-0.3, -0.25) is 9.36 Å². The molecule has 0 aliphatic carbocycles. The molecule has 0 spiro atoms. The molecule has 1 amide bonds. The van der Waals surface area contributed by atoms with Crippen LogP contribution in [0.15, 0.2) is 59.8 Å². The maximum Gasteiger partial charge on any atom is 0.234 e. The molecule has 6 nitrogen and oxygen atoms in total. The molecule has 7 heteroatoms. The summed E-state index contributed by atoms with van der Waals surface area (Å²) in [5.74, 6) is 1.44. The Labute approximate surface area is 188 Å². The number of thioether (sulfide) groups is 1. The van der Waals surface area contributed by atoms with Gasteiger partial charge < -0.3 is 10.2 Å². The average molecular weight is 436 g/mol. The summed E-state index contributed by atoms with van der Waals surface area (Å²) in [4.78, 5) is 15.0. The highest BCUT2D eigenvalue weighted by Gasteiger charge is 2.22. The molecule has 2 heterocycles. The Morgan fingerprint density at radius 3 is 2.45 bits per heavy atom. The topological polar surface area (TPSA) is 63.1 Å². The normalized spacial score (nSPS) is 14.1. The minimum atomic E-state index is -0.0414. The van der Waals surface area contributed by atoms with Crippen LogP contribution in [0.3, 0.4) is 0 Å². The number of hydrogen-bond donors (Lipinski definition) is 1. The summed E-state index contributed by atoms with van der Waals surface area (Å²) in [5.41, 5.74) is 3.03. The lowest BCUT2D eigenvalue weighted by molar-refractivity contribution is -0.113. The van der Waals surface area contributed by atoms with Crippen molar-refractivity contribution in [2.24, 2.45) is 0 Å². The van der Waals surface area contributed by atoms with Crippen LogP contribution in [-0.4, -0.2) is 39.5 Å². The van der Waals surface area contributed by atoms with E-state index in [9.17, 15) is 4.79 Å². The summed E-state index contributed by atoms with van der Waals surface area (Å²) in [6.45, 7) is 6.23. The third kappa shape index (κ3) is 5.10. The lowest BCUT2D eigenvalue weighted by Gasteiger charge is -2.27. The molecule has 0 bridgehead atoms. The van der Waals surface area contributed by atoms with Crippen LogP contribution in [0.4, 0.5) is 11.6 Å². The number of nitrogens with one attached hydrogen (secondary N) is 1. The van der Waals surface area contributed by atoms with Crippen molar-refractivity contribution in [2.75, 3.05) is 29.1 Å². The third-order valence-electron chi connectivity index (χ3n) is 5.46. The highest BCUT2D eigenvalue weighted by molar-refractivity contribution is 7.99. The van der Waals surface area contributed by atoms with E-state index in [2.05, 4.69) is 57.0 Å². The summed E-state index contributed by atoms with van der Waals surface area (Å²) in [5, 5.41) is 12.7. The zero-order valence-electron chi connectivity index (χ0n) is 18.1. The van der Waals surface area contributed by atoms with Crippen molar-refractivity contribution < 1.29 is 4.79 Å². The summed E-state index contributed by atoms with van der Waals surface area (Å²) >= 11 is 1.42. The molecule has 0 radical (unpaired) electrons. The van der Waals surface area contributed by atoms with Crippen LogP contribution in [0.25, 0.3) is 5.69 Å². The van der Waals surface area contributed by atoms with Crippen molar-refractivity contribution in [3.63, 3.8) is 0 Å². The zero-order chi connectivity index (χ0) is 21.6. The predicted octanol–water partition coefficient (Wildman–Crippen LogP) is 5.11. The number of nitrogens with zero attached hydrogens (tertiary/aromatic N) is 4. The van der Waals surface area contributed by atoms with E-state index in [-0.39, 0.29) is 11.7 Å². The number of para-hydroxylation sites is 2. The summed E-state index contributed by atoms with van der Waals surface area (Å²) in [7, 11) is 0. The second-order valence-corrected chi connectivity index (χ2v) is 9.02. The van der Waals surface area contributed by atoms with Gasteiger partial charge in [-0.1, -0.05) is 62.0 Å². The number of carbonyl (C=O) groups excluding carboxylic acids is 1. The lowest BCUT2D eigenvalue weighted by atomic mass is 10.0. The smallest absolute Gasteiger partial charge is 0.234 e. The van der Waals surface area contributed by atoms with Crippen molar-refractivity contribution in [2.45, 2.75) is 44.2 Å². The van der Waals surface area contributed by atoms with Gasteiger partial charge in [0.2, 0.25) is 11.9 Å². The average Bonchev–Trinajstić information content (AvgIpc) is 3.23. The molecule has 1 fully saturated rings. The van der Waals surface area contributed by atoms with Gasteiger partial charge in [0.15, 0.2) is 5.16 Å². The van der Waals surface area contributed by atoms with Crippen LogP contribution in [0.2, 0.25) is 0 Å². The fourth-order valence-electron chi connectivity index (χ4n) is 3.89. The first-order chi connectivity index (χ1) is 15.1. The van der Waals surface area contributed by atoms with Crippen molar-refractivity contribution >= 4 is 29.3 Å². The van der Waals surface area contributed by atoms with Crippen molar-refractivity contribution in [3.8, 4) is 5.69 Å². The highest BCUT2D eigenvalue weighted by atomic mass is 32.2. The number of carbonyl (C=O) groups is 1. The van der Waals surface area contributed by atoms with Crippen LogP contribution in [0.1, 0.15) is 44.6 Å². The molecule has 3 aromatic rings. The minimum Gasteiger partial charge on any atom is -0.341 e. The van der Waals surface area contributed by atoms with E-state index in [1.807, 2.05) is 36.4 Å². The Morgan fingerprint density at radius 1 is 1.00 bits per heavy atom. The summed E-state index contributed by atoms with van der Waals surface area (Å²) in [6, 6.07) is 18.1. The summed E-state index contributed by atoms with van der Waals surface area (Å²) < 4.78 is 2.07. The van der Waals surface area contributed by atoms with Crippen LogP contribution < -0.4 is 10.2 Å². The van der Waals surface area contributed by atoms with Gasteiger partial charge in [-0.25, -0.2) is 0 Å². The molecule has 0 unspecified atom stereocenters. The molecule has 0 atom stereocenters. The fraction of sp³-hybridized carbons (Fsp3) is 0.375. The van der Waals surface area contributed by atoms with Crippen LogP contribution in [-0.2, 0) is 4.79 Å². The van der Waals surface area contributed by atoms with Crippen LogP contribution in [0, 0.1) is 0 Å². The highest BCUT2D eigenvalue weighted by Crippen LogP contribution is 2.29. The van der Waals surface area contributed by atoms with E-state index in [1.54, 1.807) is 0 Å². The number of amides is 1. The first-order valence-electron chi connectivity index (χ1n) is 10.9. The van der Waals surface area contributed by atoms with Crippen LogP contribution in [0.5, 0.6) is 0 Å². The molecule has 31 heavy (non-hydrogen) atoms. The van der Waals surface area contributed by atoms with Crippen molar-refractivity contribution in [1.29, 1.82) is 0 Å². The van der Waals surface area contributed by atoms with Gasteiger partial charge in [0.25, 0.3) is 0 Å². The van der Waals surface area contributed by atoms with Gasteiger partial charge in [-0.15, -0.1) is 10.2 Å². The van der Waals surface area contributed by atoms with Gasteiger partial charge in [0, 0.05) is 18.8 Å². The maximum absolute atomic E-state index is 12.7. The second-order valence-electron chi connectivity index (χ2n) is 8.08. The molecule has 2 aromatic carbocycles. The van der Waals surface area contributed by atoms with Gasteiger partial charge in [0.05, 0.1) is 11.4 Å². The van der Waals surface area contributed by atoms with Crippen molar-refractivity contribution in [3.05, 3.63) is 60.2 Å². The Balaban J connectivity index is 1.52. The summed E-state index contributed by atoms with van der Waals surface area (Å²) in [6.07, 6.45) is 3.60. The van der Waals surface area contributed by atoms with Gasteiger partial charge in [-0.2, -0.15) is 0 Å². The Bertz CT molecular complexity index is 1010. The molecule has 162 valence electrons. The zero-order valence-corrected chi connectivity index (χ0v) is 18.9. The van der Waals surface area contributed by atoms with Gasteiger partial charge >= 0.3 is 0 Å². The van der Waals surface area contributed by atoms with E-state index in [1.165, 1.54) is 31.0 Å². The Hall–Kier alpha value is -2.80. The number of benzene rings is 2. The number of hydrogen-bond acceptors (Lipinski definition) is 5. The van der Waals surface area contributed by atoms with E-state index < -0.39 is 0 Å². The molecular weight excluding hydrogens is 406 g/mol. The Kier molecular flexibility index (Phi) is 6.92. The standard InChI is InChI=1S/C24H29N5OS/c1-18(2)20-13-7-8-14-21(20)25-22(30)17-31-24-27-26-23(28-15-9-4-10-16-28)29(24)19-11-5-3-6-12-19/h3,5-8,11-14,18H,4,9-10,15-17H2,1-2H3,(H,25,30). The molecule has 1 aromatic heterocycles. The maximum atomic E-state index is 12.7. The number of rotatable bonds is 7. The molecule has 4 rings (SSSR count). The monoisotopic (exact) mass is 435 g/mol. The fourth-order valence-corrected chi connectivity index (χ4v) is 4.64. The van der Waals surface area contributed by atoms with Crippen molar-refractivity contribution in [1.82, 2.24) is 14.8 Å². The molecule has 1 aliphatic heterocycles. The molecule has 1 N–H and O–H groups in total. The van der Waals surface area contributed by atoms with E-state index >= 15 is 0 Å². The van der Waals surface area contributed by atoms with Gasteiger partial charge in [-0.05, 0) is 48.9 Å². The minimum absolute atomic E-state index is 0.0414. The van der Waals surface area contributed by atoms with E-state index in [0.29, 0.717) is 5.92 Å². The lowest BCUT2D eigenvalue weighted by Crippen LogP contribution is -2.31. The number of anilines is 2. The van der Waals surface area contributed by atoms with E-state index in [0.717, 1.165) is 41.1 Å². The first kappa shape index (κ1) is 21.4. The second kappa shape index (κ2) is 10.0. The number of aromatic nitrogens is 3. The largest absolute Gasteiger partial charge is 0.341 e. The van der Waals surface area contributed by atoms with E-state index in [4.69, 9.17) is 0 Å². The molecule has 1 saturated heterocycles. The predicted molar refractivity (Wildman–Crippen MR) is 127 cm³/mol. The first-order valence-corrected chi connectivity index (χ1v) is 11.9. The quantitative estimate of drug-likeness (QED) is 0.523. The molecular formula is C24H29N5OS. The Morgan fingerprint density at radius 2 is 1.71 bits per heavy atom. The molecule has 1 aliphatic rings. The SMILES string of the molecule is CC(C)c1ccccc1NC(=O)CSc1nnc(N2CCCCC2)n1-c1ccccc1.